The van der Waals surface area contributed by atoms with Crippen LogP contribution in [0.15, 0.2) is 7.18 Å². The number of esters is 2. The van der Waals surface area contributed by atoms with E-state index in [9.17, 15) is 9.59 Å². The van der Waals surface area contributed by atoms with Gasteiger partial charge in [0.15, 0.2) is 0 Å². The maximum absolute atomic E-state index is 14.0. The van der Waals surface area contributed by atoms with Gasteiger partial charge in [-0.3, -0.25) is 0 Å². The summed E-state index contributed by atoms with van der Waals surface area (Å²) in [5, 5.41) is 0. The molecule has 0 saturated heterocycles. The van der Waals surface area contributed by atoms with E-state index < -0.39 is 36.8 Å². The summed E-state index contributed by atoms with van der Waals surface area (Å²) in [4.78, 5) is 28.0. The van der Waals surface area contributed by atoms with Crippen molar-refractivity contribution in [2.45, 2.75) is 145 Å². The Labute approximate surface area is 232 Å². The number of ether oxygens (including phenoxy) is 2. The number of hydrogen-bond acceptors (Lipinski definition) is 4. The minimum atomic E-state index is -3.30. The molecule has 0 fully saturated rings. The second-order valence-electron chi connectivity index (χ2n) is 10.9. The van der Waals surface area contributed by atoms with E-state index in [1.807, 2.05) is 0 Å². The van der Waals surface area contributed by atoms with Gasteiger partial charge < -0.3 is 0 Å². The molecule has 212 valence electrons. The van der Waals surface area contributed by atoms with Crippen LogP contribution in [0.1, 0.15) is 119 Å². The molecule has 0 aromatic carbocycles. The van der Waals surface area contributed by atoms with Gasteiger partial charge in [-0.15, -0.1) is 0 Å². The van der Waals surface area contributed by atoms with Crippen LogP contribution in [-0.4, -0.2) is 62.9 Å². The zero-order valence-electron chi connectivity index (χ0n) is 25.4. The van der Waals surface area contributed by atoms with E-state index >= 15 is 0 Å². The van der Waals surface area contributed by atoms with Crippen LogP contribution in [0.25, 0.3) is 0 Å². The molecule has 6 heteroatoms. The van der Waals surface area contributed by atoms with Crippen molar-refractivity contribution in [2.24, 2.45) is 0 Å². The summed E-state index contributed by atoms with van der Waals surface area (Å²) in [6, 6.07) is 0. The van der Waals surface area contributed by atoms with Gasteiger partial charge in [0.25, 0.3) is 0 Å². The average Bonchev–Trinajstić information content (AvgIpc) is 2.91. The molecule has 0 N–H and O–H groups in total. The number of hydrogen-bond donors (Lipinski definition) is 0. The number of methoxy groups -OCH3 is 2. The fourth-order valence-electron chi connectivity index (χ4n) is 5.96. The molecule has 0 aliphatic heterocycles. The molecule has 0 rings (SSSR count). The van der Waals surface area contributed by atoms with Crippen LogP contribution in [-0.2, 0) is 19.1 Å². The van der Waals surface area contributed by atoms with Crippen LogP contribution in [0.3, 0.4) is 0 Å². The van der Waals surface area contributed by atoms with Crippen molar-refractivity contribution in [1.82, 2.24) is 0 Å². The maximum atomic E-state index is 14.0. The summed E-state index contributed by atoms with van der Waals surface area (Å²) in [6.45, 7) is 13.5. The van der Waals surface area contributed by atoms with Crippen molar-refractivity contribution in [3.63, 3.8) is 0 Å². The van der Waals surface area contributed by atoms with Crippen molar-refractivity contribution >= 4 is 48.7 Å². The summed E-state index contributed by atoms with van der Waals surface area (Å²) in [5.74, 6) is -0.333. The topological polar surface area (TPSA) is 52.6 Å². The van der Waals surface area contributed by atoms with Gasteiger partial charge in [-0.1, -0.05) is 0 Å². The first kappa shape index (κ1) is 36.3. The monoisotopic (exact) mass is 724 g/mol. The van der Waals surface area contributed by atoms with Crippen molar-refractivity contribution < 1.29 is 19.1 Å². The van der Waals surface area contributed by atoms with Crippen LogP contribution in [0.5, 0.6) is 0 Å². The summed E-state index contributed by atoms with van der Waals surface area (Å²) in [6.07, 6.45) is 13.7. The van der Waals surface area contributed by atoms with Gasteiger partial charge in [-0.2, -0.15) is 0 Å². The SMILES string of the molecule is CCC[CH2][Sn]([CH2]CCC)([CH2]CCC)/[C](C(=O)OC)=[C](/C(=O)OC)[Sn]([CH2]CCC)([CH2]CCC)[CH2]CCC. The van der Waals surface area contributed by atoms with Crippen LogP contribution < -0.4 is 0 Å². The molecule has 0 aromatic rings. The van der Waals surface area contributed by atoms with E-state index in [1.165, 1.54) is 14.2 Å². The van der Waals surface area contributed by atoms with Gasteiger partial charge in [0, 0.05) is 0 Å². The fourth-order valence-corrected chi connectivity index (χ4v) is 49.0. The zero-order chi connectivity index (χ0) is 27.5. The molecule has 0 radical (unpaired) electrons. The predicted molar refractivity (Wildman–Crippen MR) is 161 cm³/mol. The van der Waals surface area contributed by atoms with Crippen LogP contribution in [0.2, 0.25) is 26.6 Å². The van der Waals surface area contributed by atoms with E-state index in [1.54, 1.807) is 0 Å². The van der Waals surface area contributed by atoms with Crippen molar-refractivity contribution in [2.75, 3.05) is 14.2 Å². The quantitative estimate of drug-likeness (QED) is 0.0635. The Hall–Kier alpha value is 0.277. The molecule has 0 aliphatic rings. The molecular weight excluding hydrogens is 662 g/mol. The first-order valence-electron chi connectivity index (χ1n) is 15.2. The molecule has 0 spiro atoms. The summed E-state index contributed by atoms with van der Waals surface area (Å²) >= 11 is -6.60. The first-order chi connectivity index (χ1) is 17.3. The first-order valence-corrected chi connectivity index (χ1v) is 30.2. The molecule has 0 saturated carbocycles. The van der Waals surface area contributed by atoms with Crippen molar-refractivity contribution in [1.29, 1.82) is 0 Å². The van der Waals surface area contributed by atoms with Gasteiger partial charge in [0.2, 0.25) is 0 Å². The van der Waals surface area contributed by atoms with Crippen LogP contribution in [0.4, 0.5) is 0 Å². The van der Waals surface area contributed by atoms with Gasteiger partial charge in [0.05, 0.1) is 0 Å². The Balaban J connectivity index is 7.69. The third-order valence-electron chi connectivity index (χ3n) is 8.14. The Bertz CT molecular complexity index is 547. The Morgan fingerprint density at radius 3 is 0.778 bits per heavy atom. The molecule has 0 aliphatic carbocycles. The van der Waals surface area contributed by atoms with Crippen LogP contribution >= 0.6 is 0 Å². The van der Waals surface area contributed by atoms with E-state index in [-0.39, 0.29) is 11.9 Å². The molecule has 0 heterocycles. The second-order valence-corrected chi connectivity index (χ2v) is 36.9. The summed E-state index contributed by atoms with van der Waals surface area (Å²) < 4.78 is 20.1. The predicted octanol–water partition coefficient (Wildman–Crippen LogP) is 9.41. The molecular formula is C30H60O4Sn2. The molecule has 0 aromatic heterocycles. The van der Waals surface area contributed by atoms with Gasteiger partial charge >= 0.3 is 234 Å². The normalized spacial score (nSPS) is 12.9. The minimum absolute atomic E-state index is 0.167. The Morgan fingerprint density at radius 1 is 0.444 bits per heavy atom. The standard InChI is InChI=1S/C6H6O4.6C4H9.2Sn/c1-9-5(7)3-4-6(8)10-2;6*1-3-4-2;;/h1-2H3;6*1,3-4H2,2H3;;. The third kappa shape index (κ3) is 11.2. The average molecular weight is 722 g/mol. The Morgan fingerprint density at radius 2 is 0.639 bits per heavy atom. The van der Waals surface area contributed by atoms with E-state index in [0.717, 1.165) is 111 Å². The molecule has 4 nitrogen and oxygen atoms in total. The second kappa shape index (κ2) is 21.1. The van der Waals surface area contributed by atoms with Gasteiger partial charge in [-0.05, 0) is 0 Å². The van der Waals surface area contributed by atoms with Gasteiger partial charge in [0.1, 0.15) is 0 Å². The number of carbonyl (C=O) groups is 2. The number of unbranched alkanes of at least 4 members (excludes halogenated alkanes) is 6. The van der Waals surface area contributed by atoms with E-state index in [0.29, 0.717) is 0 Å². The number of carbonyl (C=O) groups excluding carboxylic acids is 2. The molecule has 36 heavy (non-hydrogen) atoms. The third-order valence-corrected chi connectivity index (χ3v) is 41.3. The van der Waals surface area contributed by atoms with E-state index in [4.69, 9.17) is 9.47 Å². The van der Waals surface area contributed by atoms with Crippen molar-refractivity contribution in [3.8, 4) is 0 Å². The fraction of sp³-hybridized carbons (Fsp3) is 0.867. The number of rotatable bonds is 22. The molecule has 0 atom stereocenters. The summed E-state index contributed by atoms with van der Waals surface area (Å²) in [5.41, 5.74) is 0. The molecule has 0 unspecified atom stereocenters. The van der Waals surface area contributed by atoms with Crippen LogP contribution in [0, 0.1) is 0 Å². The molecule has 0 bridgehead atoms. The zero-order valence-corrected chi connectivity index (χ0v) is 31.1. The Kier molecular flexibility index (Phi) is 21.3. The van der Waals surface area contributed by atoms with E-state index in [2.05, 4.69) is 41.5 Å². The van der Waals surface area contributed by atoms with Crippen molar-refractivity contribution in [3.05, 3.63) is 7.18 Å². The van der Waals surface area contributed by atoms with Gasteiger partial charge in [-0.25, -0.2) is 0 Å². The molecule has 0 amide bonds. The summed E-state index contributed by atoms with van der Waals surface area (Å²) in [7, 11) is 3.07.